The Kier molecular flexibility index (Phi) is 5.86. The number of ether oxygens (including phenoxy) is 2. The first-order chi connectivity index (χ1) is 15.2. The summed E-state index contributed by atoms with van der Waals surface area (Å²) in [4.78, 5) is 15.0. The zero-order valence-electron chi connectivity index (χ0n) is 19.1. The largest absolute Gasteiger partial charge is 0.454 e. The van der Waals surface area contributed by atoms with Crippen molar-refractivity contribution in [1.29, 1.82) is 0 Å². The lowest BCUT2D eigenvalue weighted by atomic mass is 9.98. The zero-order chi connectivity index (χ0) is 23.0. The van der Waals surface area contributed by atoms with Crippen LogP contribution in [-0.4, -0.2) is 38.3 Å². The molecule has 2 atom stereocenters. The van der Waals surface area contributed by atoms with E-state index >= 15 is 0 Å². The van der Waals surface area contributed by atoms with Crippen LogP contribution in [0.1, 0.15) is 43.6 Å². The van der Waals surface area contributed by atoms with Crippen molar-refractivity contribution in [2.24, 2.45) is 0 Å². The topological polar surface area (TPSA) is 63.9 Å². The molecule has 0 saturated carbocycles. The van der Waals surface area contributed by atoms with Crippen molar-refractivity contribution >= 4 is 22.6 Å². The van der Waals surface area contributed by atoms with Crippen LogP contribution in [0.15, 0.2) is 46.9 Å². The van der Waals surface area contributed by atoms with Crippen molar-refractivity contribution in [2.45, 2.75) is 45.5 Å². The SMILES string of the molecule is CNC(=O)c1c(OC(C)(C)c2ccc(F)cc2)oc2cc(N3CC(C)OC(C)C3)ccc12. The smallest absolute Gasteiger partial charge is 0.299 e. The molecule has 0 bridgehead atoms. The molecule has 6 nitrogen and oxygen atoms in total. The van der Waals surface area contributed by atoms with Gasteiger partial charge in [-0.3, -0.25) is 4.79 Å². The number of morpholine rings is 1. The number of benzene rings is 2. The number of rotatable bonds is 5. The predicted octanol–water partition coefficient (Wildman–Crippen LogP) is 4.86. The second-order valence-electron chi connectivity index (χ2n) is 8.81. The Morgan fingerprint density at radius 2 is 1.78 bits per heavy atom. The number of hydrogen-bond donors (Lipinski definition) is 1. The molecule has 2 heterocycles. The van der Waals surface area contributed by atoms with Crippen LogP contribution in [-0.2, 0) is 10.3 Å². The number of carbonyl (C=O) groups excluding carboxylic acids is 1. The molecule has 2 unspecified atom stereocenters. The van der Waals surface area contributed by atoms with Crippen LogP contribution in [0.3, 0.4) is 0 Å². The third kappa shape index (κ3) is 4.30. The lowest BCUT2D eigenvalue weighted by Gasteiger charge is -2.36. The maximum Gasteiger partial charge on any atom is 0.299 e. The van der Waals surface area contributed by atoms with Gasteiger partial charge in [0.1, 0.15) is 22.6 Å². The van der Waals surface area contributed by atoms with Gasteiger partial charge in [-0.15, -0.1) is 0 Å². The number of carbonyl (C=O) groups is 1. The van der Waals surface area contributed by atoms with Crippen LogP contribution >= 0.6 is 0 Å². The van der Waals surface area contributed by atoms with Crippen molar-refractivity contribution in [3.8, 4) is 5.95 Å². The number of anilines is 1. The van der Waals surface area contributed by atoms with Gasteiger partial charge in [0.25, 0.3) is 11.9 Å². The van der Waals surface area contributed by atoms with Crippen LogP contribution in [0.2, 0.25) is 0 Å². The summed E-state index contributed by atoms with van der Waals surface area (Å²) in [6, 6.07) is 11.9. The van der Waals surface area contributed by atoms with Gasteiger partial charge in [-0.05, 0) is 57.5 Å². The Morgan fingerprint density at radius 3 is 2.41 bits per heavy atom. The van der Waals surface area contributed by atoms with Crippen molar-refractivity contribution in [2.75, 3.05) is 25.0 Å². The summed E-state index contributed by atoms with van der Waals surface area (Å²) in [5, 5.41) is 3.34. The Hall–Kier alpha value is -3.06. The average molecular weight is 441 g/mol. The highest BCUT2D eigenvalue weighted by molar-refractivity contribution is 6.08. The van der Waals surface area contributed by atoms with Crippen LogP contribution in [0, 0.1) is 5.82 Å². The van der Waals surface area contributed by atoms with E-state index < -0.39 is 5.60 Å². The Morgan fingerprint density at radius 1 is 1.12 bits per heavy atom. The van der Waals surface area contributed by atoms with E-state index in [1.165, 1.54) is 12.1 Å². The third-order valence-electron chi connectivity index (χ3n) is 5.77. The van der Waals surface area contributed by atoms with E-state index in [4.69, 9.17) is 13.9 Å². The number of nitrogens with zero attached hydrogens (tertiary/aromatic N) is 1. The van der Waals surface area contributed by atoms with E-state index in [2.05, 4.69) is 24.1 Å². The fourth-order valence-electron chi connectivity index (χ4n) is 4.20. The number of fused-ring (bicyclic) bond motifs is 1. The molecule has 32 heavy (non-hydrogen) atoms. The molecule has 0 spiro atoms. The molecule has 170 valence electrons. The molecule has 0 aliphatic carbocycles. The standard InChI is InChI=1S/C25H29FN2O4/c1-15-13-28(14-16(2)30-15)19-10-11-20-21(12-19)31-24(22(20)23(29)27-5)32-25(3,4)17-6-8-18(26)9-7-17/h6-12,15-16H,13-14H2,1-5H3,(H,27,29). The molecule has 1 N–H and O–H groups in total. The maximum atomic E-state index is 13.4. The van der Waals surface area contributed by atoms with Gasteiger partial charge in [-0.2, -0.15) is 0 Å². The molecule has 2 aromatic carbocycles. The Labute approximate surface area is 187 Å². The normalized spacial score (nSPS) is 19.2. The molecule has 1 amide bonds. The van der Waals surface area contributed by atoms with Gasteiger partial charge in [0.2, 0.25) is 0 Å². The summed E-state index contributed by atoms with van der Waals surface area (Å²) in [5.41, 5.74) is 1.83. The van der Waals surface area contributed by atoms with E-state index in [9.17, 15) is 9.18 Å². The maximum absolute atomic E-state index is 13.4. The monoisotopic (exact) mass is 440 g/mol. The Balaban J connectivity index is 1.73. The lowest BCUT2D eigenvalue weighted by molar-refractivity contribution is -0.00522. The van der Waals surface area contributed by atoms with Crippen molar-refractivity contribution in [3.63, 3.8) is 0 Å². The Bertz CT molecular complexity index is 1110. The highest BCUT2D eigenvalue weighted by Crippen LogP contribution is 2.38. The minimum Gasteiger partial charge on any atom is -0.454 e. The molecule has 3 aromatic rings. The molecule has 1 aromatic heterocycles. The van der Waals surface area contributed by atoms with Crippen molar-refractivity contribution in [1.82, 2.24) is 5.32 Å². The zero-order valence-corrected chi connectivity index (χ0v) is 19.1. The lowest BCUT2D eigenvalue weighted by Crippen LogP contribution is -2.45. The van der Waals surface area contributed by atoms with Gasteiger partial charge in [-0.25, -0.2) is 4.39 Å². The van der Waals surface area contributed by atoms with Gasteiger partial charge in [-0.1, -0.05) is 12.1 Å². The number of hydrogen-bond acceptors (Lipinski definition) is 5. The van der Waals surface area contributed by atoms with E-state index in [0.717, 1.165) is 24.3 Å². The highest BCUT2D eigenvalue weighted by Gasteiger charge is 2.30. The first kappa shape index (κ1) is 22.1. The number of nitrogens with one attached hydrogen (secondary N) is 1. The summed E-state index contributed by atoms with van der Waals surface area (Å²) in [6.07, 6.45) is 0.255. The first-order valence-corrected chi connectivity index (χ1v) is 10.8. The summed E-state index contributed by atoms with van der Waals surface area (Å²) in [5.74, 6) is -0.483. The van der Waals surface area contributed by atoms with Crippen molar-refractivity contribution in [3.05, 3.63) is 59.4 Å². The van der Waals surface area contributed by atoms with Crippen LogP contribution in [0.5, 0.6) is 5.95 Å². The molecule has 7 heteroatoms. The second-order valence-corrected chi connectivity index (χ2v) is 8.81. The molecule has 4 rings (SSSR count). The molecular weight excluding hydrogens is 411 g/mol. The van der Waals surface area contributed by atoms with Gasteiger partial charge < -0.3 is 24.1 Å². The summed E-state index contributed by atoms with van der Waals surface area (Å²) in [7, 11) is 1.57. The van der Waals surface area contributed by atoms with Gasteiger partial charge in [0.15, 0.2) is 0 Å². The van der Waals surface area contributed by atoms with E-state index in [-0.39, 0.29) is 29.9 Å². The van der Waals surface area contributed by atoms with E-state index in [0.29, 0.717) is 16.5 Å². The third-order valence-corrected chi connectivity index (χ3v) is 5.77. The van der Waals surface area contributed by atoms with Crippen LogP contribution in [0.25, 0.3) is 11.0 Å². The van der Waals surface area contributed by atoms with Gasteiger partial charge in [0.05, 0.1) is 12.2 Å². The number of furan rings is 1. The molecule has 0 radical (unpaired) electrons. The summed E-state index contributed by atoms with van der Waals surface area (Å²) < 4.78 is 31.5. The van der Waals surface area contributed by atoms with Gasteiger partial charge in [0, 0.05) is 37.3 Å². The molecular formula is C25H29FN2O4. The highest BCUT2D eigenvalue weighted by atomic mass is 19.1. The summed E-state index contributed by atoms with van der Waals surface area (Å²) >= 11 is 0. The average Bonchev–Trinajstić information content (AvgIpc) is 3.09. The van der Waals surface area contributed by atoms with E-state index in [1.807, 2.05) is 32.0 Å². The van der Waals surface area contributed by atoms with Crippen molar-refractivity contribution < 1.29 is 23.1 Å². The minimum atomic E-state index is -0.845. The molecule has 1 fully saturated rings. The minimum absolute atomic E-state index is 0.128. The molecule has 1 aliphatic rings. The summed E-state index contributed by atoms with van der Waals surface area (Å²) in [6.45, 7) is 9.37. The molecule has 1 saturated heterocycles. The predicted molar refractivity (Wildman–Crippen MR) is 122 cm³/mol. The fourth-order valence-corrected chi connectivity index (χ4v) is 4.20. The van der Waals surface area contributed by atoms with Gasteiger partial charge >= 0.3 is 0 Å². The van der Waals surface area contributed by atoms with Crippen LogP contribution < -0.4 is 15.0 Å². The fraction of sp³-hybridized carbons (Fsp3) is 0.400. The first-order valence-electron chi connectivity index (χ1n) is 10.8. The number of halogens is 1. The number of amides is 1. The van der Waals surface area contributed by atoms with Crippen LogP contribution in [0.4, 0.5) is 10.1 Å². The quantitative estimate of drug-likeness (QED) is 0.614. The van der Waals surface area contributed by atoms with E-state index in [1.54, 1.807) is 19.2 Å². The molecule has 1 aliphatic heterocycles. The second kappa shape index (κ2) is 8.47.